The van der Waals surface area contributed by atoms with Gasteiger partial charge in [0.05, 0.1) is 37.6 Å². The van der Waals surface area contributed by atoms with Crippen molar-refractivity contribution in [1.29, 1.82) is 5.26 Å². The highest BCUT2D eigenvalue weighted by Gasteiger charge is 2.62. The van der Waals surface area contributed by atoms with Crippen molar-refractivity contribution in [3.05, 3.63) is 62.7 Å². The van der Waals surface area contributed by atoms with Gasteiger partial charge >= 0.3 is 17.9 Å². The maximum absolute atomic E-state index is 15.1. The Bertz CT molecular complexity index is 2450. The molecule has 64 heavy (non-hydrogen) atoms. The number of nitrogens with zero attached hydrogens (tertiary/aromatic N) is 3. The molecule has 0 aliphatic carbocycles. The lowest BCUT2D eigenvalue weighted by Crippen LogP contribution is -2.69. The molecule has 16 heteroatoms. The van der Waals surface area contributed by atoms with Crippen molar-refractivity contribution in [1.82, 2.24) is 15.1 Å². The van der Waals surface area contributed by atoms with Crippen LogP contribution in [0.5, 0.6) is 40.2 Å². The van der Waals surface area contributed by atoms with Gasteiger partial charge in [0.15, 0.2) is 40.0 Å². The highest BCUT2D eigenvalue weighted by atomic mass is 32.2. The summed E-state index contributed by atoms with van der Waals surface area (Å²) in [5.74, 6) is 0.961. The van der Waals surface area contributed by atoms with Crippen LogP contribution in [-0.4, -0.2) is 97.9 Å². The van der Waals surface area contributed by atoms with E-state index in [1.165, 1.54) is 32.9 Å². The van der Waals surface area contributed by atoms with Crippen LogP contribution >= 0.6 is 11.8 Å². The lowest BCUT2D eigenvalue weighted by molar-refractivity contribution is -0.157. The van der Waals surface area contributed by atoms with Crippen LogP contribution in [0.4, 0.5) is 0 Å². The molecule has 0 aromatic heterocycles. The first kappa shape index (κ1) is 44.0. The number of phenolic OH excluding ortho intramolecular Hbond substituents is 1. The lowest BCUT2D eigenvalue weighted by atomic mass is 9.71. The number of aromatic hydroxyl groups is 1. The number of thioether (sulfide) groups is 1. The number of phenols is 1. The fraction of sp³-hybridized carbons (Fsp3) is 0.542. The normalized spacial score (nSPS) is 26.4. The number of benzene rings is 3. The minimum Gasteiger partial charge on any atom is -0.504 e. The van der Waals surface area contributed by atoms with Crippen LogP contribution in [0.1, 0.15) is 114 Å². The molecule has 0 amide bonds. The molecule has 340 valence electrons. The van der Waals surface area contributed by atoms with Crippen molar-refractivity contribution in [3.8, 4) is 46.3 Å². The van der Waals surface area contributed by atoms with Gasteiger partial charge in [0.25, 0.3) is 0 Å². The van der Waals surface area contributed by atoms with Crippen molar-refractivity contribution < 1.29 is 52.6 Å². The number of ether oxygens (including phenoxy) is 7. The van der Waals surface area contributed by atoms with Crippen LogP contribution in [0.3, 0.4) is 0 Å². The molecule has 2 N–H and O–H groups in total. The number of nitrogens with one attached hydrogen (secondary N) is 1. The van der Waals surface area contributed by atoms with Gasteiger partial charge in [0.1, 0.15) is 18.4 Å². The standard InChI is InChI=1S/C48H56N4O11S/c1-8-9-10-11-12-13-35(54)63-34-18-27-14-15-50-48(29(27)19-33(34)57-6)22-64-46-38-37(45-44(60-23-61-45)25(3)43(38)62-26(4)53)32(21-59-47(48)56)52-31(20-49)30-17-28-16-24(2)42(58-7)41(55)36(28)39(40(46)52)51(30)5/h16,18-19,30-32,39-40,46,50,55H,8-15,17,21-23H2,1-7H3/t30-,31+,32+,39-,40?,46-,48-/m1/s1. The Morgan fingerprint density at radius 3 is 2.50 bits per heavy atom. The number of hydrogen-bond acceptors (Lipinski definition) is 16. The Kier molecular flexibility index (Phi) is 11.9. The number of carbonyl (C=O) groups excluding carboxylic acids is 3. The number of aryl methyl sites for hydroxylation is 1. The van der Waals surface area contributed by atoms with Crippen molar-refractivity contribution >= 4 is 29.7 Å². The second-order valence-electron chi connectivity index (χ2n) is 17.7. The van der Waals surface area contributed by atoms with Gasteiger partial charge in [0.2, 0.25) is 6.79 Å². The molecule has 7 heterocycles. The van der Waals surface area contributed by atoms with E-state index in [1.54, 1.807) is 12.1 Å². The minimum absolute atomic E-state index is 0.0364. The molecule has 15 nitrogen and oxygen atoms in total. The summed E-state index contributed by atoms with van der Waals surface area (Å²) in [5.41, 5.74) is 4.35. The molecule has 10 rings (SSSR count). The van der Waals surface area contributed by atoms with Crippen molar-refractivity contribution in [2.24, 2.45) is 0 Å². The zero-order valence-electron chi connectivity index (χ0n) is 37.5. The third-order valence-corrected chi connectivity index (χ3v) is 15.6. The van der Waals surface area contributed by atoms with E-state index in [0.29, 0.717) is 81.7 Å². The molecular weight excluding hydrogens is 841 g/mol. The van der Waals surface area contributed by atoms with Crippen molar-refractivity contribution in [3.63, 3.8) is 0 Å². The van der Waals surface area contributed by atoms with E-state index in [4.69, 9.17) is 33.2 Å². The Morgan fingerprint density at radius 2 is 1.77 bits per heavy atom. The molecule has 4 bridgehead atoms. The summed E-state index contributed by atoms with van der Waals surface area (Å²) in [4.78, 5) is 45.6. The molecular formula is C48H56N4O11S. The average molecular weight is 897 g/mol. The summed E-state index contributed by atoms with van der Waals surface area (Å²) in [6.07, 6.45) is 6.29. The van der Waals surface area contributed by atoms with E-state index < -0.39 is 46.9 Å². The fourth-order valence-corrected chi connectivity index (χ4v) is 13.0. The third-order valence-electron chi connectivity index (χ3n) is 14.1. The van der Waals surface area contributed by atoms with Crippen LogP contribution in [0, 0.1) is 25.2 Å². The zero-order chi connectivity index (χ0) is 45.2. The first-order chi connectivity index (χ1) is 30.9. The predicted octanol–water partition coefficient (Wildman–Crippen LogP) is 6.55. The van der Waals surface area contributed by atoms with Crippen molar-refractivity contribution in [2.75, 3.05) is 47.0 Å². The maximum atomic E-state index is 15.1. The zero-order valence-corrected chi connectivity index (χ0v) is 38.3. The Balaban J connectivity index is 1.21. The Hall–Kier alpha value is -5.21. The molecule has 0 saturated carbocycles. The molecule has 1 spiro atoms. The number of rotatable bonds is 10. The molecule has 3 aromatic carbocycles. The second-order valence-corrected chi connectivity index (χ2v) is 18.8. The topological polar surface area (TPSA) is 178 Å². The number of likely N-dealkylation sites (N-methyl/N-ethyl adjacent to an activating group) is 1. The molecule has 0 radical (unpaired) electrons. The summed E-state index contributed by atoms with van der Waals surface area (Å²) in [6.45, 7) is 7.39. The van der Waals surface area contributed by atoms with Gasteiger partial charge < -0.3 is 38.3 Å². The average Bonchev–Trinajstić information content (AvgIpc) is 3.76. The number of fused-ring (bicyclic) bond motifs is 9. The van der Waals surface area contributed by atoms with Crippen molar-refractivity contribution in [2.45, 2.75) is 120 Å². The van der Waals surface area contributed by atoms with Gasteiger partial charge in [-0.1, -0.05) is 38.7 Å². The number of nitriles is 1. The van der Waals surface area contributed by atoms with Crippen LogP contribution in [0.15, 0.2) is 18.2 Å². The molecule has 2 fully saturated rings. The first-order valence-electron chi connectivity index (χ1n) is 22.3. The molecule has 7 atom stereocenters. The van der Waals surface area contributed by atoms with E-state index >= 15 is 4.79 Å². The highest BCUT2D eigenvalue weighted by molar-refractivity contribution is 7.99. The van der Waals surface area contributed by atoms with Crippen LogP contribution in [0.2, 0.25) is 0 Å². The second kappa shape index (κ2) is 17.3. The number of carbonyl (C=O) groups is 3. The number of hydrogen-bond donors (Lipinski definition) is 2. The van der Waals surface area contributed by atoms with Crippen LogP contribution in [0.25, 0.3) is 0 Å². The molecule has 3 aromatic rings. The summed E-state index contributed by atoms with van der Waals surface area (Å²) in [7, 11) is 5.04. The summed E-state index contributed by atoms with van der Waals surface area (Å²) in [5, 5.41) is 26.4. The number of methoxy groups -OCH3 is 2. The quantitative estimate of drug-likeness (QED) is 0.127. The smallest absolute Gasteiger partial charge is 0.331 e. The SMILES string of the molecule is CCCCCCCC(=O)Oc1cc2c(cc1OC)[C@@]1(CS[C@@H]3c4c(OC(C)=O)c(C)c5c(c4[C@H](COC1=O)N1C3[C@H]3c4c(cc(C)c(OC)c4O)C[C@H]([C@@H]1C#N)N3C)OCO5)NCC2. The predicted molar refractivity (Wildman–Crippen MR) is 235 cm³/mol. The number of esters is 3. The van der Waals surface area contributed by atoms with Crippen LogP contribution in [-0.2, 0) is 37.5 Å². The van der Waals surface area contributed by atoms with E-state index in [0.717, 1.165) is 48.8 Å². The summed E-state index contributed by atoms with van der Waals surface area (Å²) >= 11 is 1.48. The minimum atomic E-state index is -1.41. The molecule has 2 saturated heterocycles. The van der Waals surface area contributed by atoms with E-state index in [2.05, 4.69) is 28.1 Å². The van der Waals surface area contributed by atoms with Gasteiger partial charge in [-0.25, -0.2) is 4.79 Å². The highest BCUT2D eigenvalue weighted by Crippen LogP contribution is 2.64. The van der Waals surface area contributed by atoms with E-state index in [1.807, 2.05) is 27.0 Å². The molecule has 7 aliphatic rings. The van der Waals surface area contributed by atoms with Gasteiger partial charge in [-0.2, -0.15) is 5.26 Å². The third kappa shape index (κ3) is 6.92. The maximum Gasteiger partial charge on any atom is 0.331 e. The van der Waals surface area contributed by atoms with Crippen LogP contribution < -0.4 is 33.7 Å². The lowest BCUT2D eigenvalue weighted by Gasteiger charge is -2.62. The molecule has 1 unspecified atom stereocenters. The Labute approximate surface area is 377 Å². The molecule has 7 aliphatic heterocycles. The largest absolute Gasteiger partial charge is 0.504 e. The van der Waals surface area contributed by atoms with Gasteiger partial charge in [-0.3, -0.25) is 24.7 Å². The van der Waals surface area contributed by atoms with E-state index in [-0.39, 0.29) is 43.3 Å². The van der Waals surface area contributed by atoms with Gasteiger partial charge in [0, 0.05) is 60.0 Å². The van der Waals surface area contributed by atoms with E-state index in [9.17, 15) is 20.0 Å². The first-order valence-corrected chi connectivity index (χ1v) is 23.3. The number of unbranched alkanes of at least 4 members (excludes halogenated alkanes) is 4. The van der Waals surface area contributed by atoms with Gasteiger partial charge in [-0.05, 0) is 74.5 Å². The Morgan fingerprint density at radius 1 is 0.984 bits per heavy atom. The summed E-state index contributed by atoms with van der Waals surface area (Å²) < 4.78 is 42.6. The monoisotopic (exact) mass is 896 g/mol. The number of piperazine rings is 1. The van der Waals surface area contributed by atoms with Gasteiger partial charge in [-0.15, -0.1) is 11.8 Å². The fourth-order valence-electron chi connectivity index (χ4n) is 11.3. The summed E-state index contributed by atoms with van der Waals surface area (Å²) in [6, 6.07) is 5.43.